The Morgan fingerprint density at radius 3 is 1.84 bits per heavy atom. The fourth-order valence-electron chi connectivity index (χ4n) is 1.88. The molecule has 0 aromatic heterocycles. The smallest absolute Gasteiger partial charge is 0.318 e. The van der Waals surface area contributed by atoms with Gasteiger partial charge in [0.1, 0.15) is 0 Å². The van der Waals surface area contributed by atoms with Gasteiger partial charge in [-0.2, -0.15) is 0 Å². The second-order valence-electron chi connectivity index (χ2n) is 4.27. The maximum absolute atomic E-state index is 11.0. The van der Waals surface area contributed by atoms with Gasteiger partial charge in [0.05, 0.1) is 6.42 Å². The van der Waals surface area contributed by atoms with E-state index in [1.165, 1.54) is 0 Å². The second kappa shape index (κ2) is 5.99. The zero-order valence-electron chi connectivity index (χ0n) is 10.2. The van der Waals surface area contributed by atoms with E-state index < -0.39 is 36.2 Å². The molecule has 0 aliphatic carbocycles. The van der Waals surface area contributed by atoms with Crippen molar-refractivity contribution in [3.63, 3.8) is 0 Å². The first kappa shape index (κ1) is 14.7. The van der Waals surface area contributed by atoms with Crippen molar-refractivity contribution in [2.75, 3.05) is 0 Å². The number of carboxylic acids is 3. The van der Waals surface area contributed by atoms with E-state index in [0.717, 1.165) is 5.56 Å². The largest absolute Gasteiger partial charge is 0.481 e. The van der Waals surface area contributed by atoms with Crippen molar-refractivity contribution in [1.29, 1.82) is 0 Å². The van der Waals surface area contributed by atoms with Crippen molar-refractivity contribution in [2.45, 2.75) is 19.3 Å². The fraction of sp³-hybridized carbons (Fsp3) is 0.308. The maximum atomic E-state index is 11.0. The summed E-state index contributed by atoms with van der Waals surface area (Å²) in [6, 6.07) is 6.49. The predicted molar refractivity (Wildman–Crippen MR) is 64.9 cm³/mol. The molecule has 1 aromatic carbocycles. The lowest BCUT2D eigenvalue weighted by Crippen LogP contribution is -2.31. The average Bonchev–Trinajstić information content (AvgIpc) is 2.27. The third kappa shape index (κ3) is 3.80. The maximum Gasteiger partial charge on any atom is 0.318 e. The number of carboxylic acid groups (broad SMARTS) is 3. The van der Waals surface area contributed by atoms with Gasteiger partial charge in [-0.15, -0.1) is 0 Å². The van der Waals surface area contributed by atoms with Crippen LogP contribution in [0.25, 0.3) is 0 Å². The van der Waals surface area contributed by atoms with Gasteiger partial charge in [0.2, 0.25) is 0 Å². The zero-order chi connectivity index (χ0) is 14.6. The van der Waals surface area contributed by atoms with Gasteiger partial charge in [0, 0.05) is 5.92 Å². The Hall–Kier alpha value is -2.37. The van der Waals surface area contributed by atoms with Gasteiger partial charge >= 0.3 is 17.9 Å². The summed E-state index contributed by atoms with van der Waals surface area (Å²) in [6.45, 7) is 1.82. The molecule has 0 saturated carbocycles. The van der Waals surface area contributed by atoms with E-state index >= 15 is 0 Å². The van der Waals surface area contributed by atoms with E-state index in [0.29, 0.717) is 5.56 Å². The van der Waals surface area contributed by atoms with Crippen molar-refractivity contribution in [2.24, 2.45) is 5.92 Å². The molecule has 0 spiro atoms. The lowest BCUT2D eigenvalue weighted by molar-refractivity contribution is -0.156. The van der Waals surface area contributed by atoms with Crippen molar-refractivity contribution >= 4 is 17.9 Å². The molecule has 0 saturated heterocycles. The van der Waals surface area contributed by atoms with Crippen LogP contribution in [0.5, 0.6) is 0 Å². The molecule has 0 fully saturated rings. The highest BCUT2D eigenvalue weighted by Gasteiger charge is 2.37. The number of benzene rings is 1. The third-order valence-electron chi connectivity index (χ3n) is 2.83. The average molecular weight is 266 g/mol. The standard InChI is InChI=1S/C13H14O6/c1-7-2-4-8(5-3-7)9(6-10(14)15)11(12(16)17)13(18)19/h2-5,9,11H,6H2,1H3,(H,14,15)(H,16,17)(H,18,19). The molecule has 0 radical (unpaired) electrons. The van der Waals surface area contributed by atoms with E-state index in [9.17, 15) is 14.4 Å². The van der Waals surface area contributed by atoms with E-state index in [4.69, 9.17) is 15.3 Å². The number of carbonyl (C=O) groups is 3. The van der Waals surface area contributed by atoms with Crippen LogP contribution in [0.2, 0.25) is 0 Å². The molecule has 3 N–H and O–H groups in total. The predicted octanol–water partition coefficient (Wildman–Crippen LogP) is 1.34. The topological polar surface area (TPSA) is 112 Å². The molecule has 0 aliphatic rings. The Balaban J connectivity index is 3.19. The normalized spacial score (nSPS) is 12.1. The van der Waals surface area contributed by atoms with Crippen LogP contribution in [-0.2, 0) is 14.4 Å². The van der Waals surface area contributed by atoms with Gasteiger partial charge in [-0.1, -0.05) is 29.8 Å². The van der Waals surface area contributed by atoms with E-state index in [1.54, 1.807) is 24.3 Å². The highest BCUT2D eigenvalue weighted by molar-refractivity contribution is 5.94. The Bertz CT molecular complexity index is 476. The quantitative estimate of drug-likeness (QED) is 0.670. The van der Waals surface area contributed by atoms with E-state index in [-0.39, 0.29) is 0 Å². The van der Waals surface area contributed by atoms with Crippen LogP contribution in [-0.4, -0.2) is 33.2 Å². The van der Waals surface area contributed by atoms with Gasteiger partial charge in [-0.25, -0.2) is 0 Å². The lowest BCUT2D eigenvalue weighted by Gasteiger charge is -2.19. The van der Waals surface area contributed by atoms with Crippen molar-refractivity contribution < 1.29 is 29.7 Å². The number of hydrogen-bond acceptors (Lipinski definition) is 3. The summed E-state index contributed by atoms with van der Waals surface area (Å²) in [6.07, 6.45) is -0.549. The number of aryl methyl sites for hydroxylation is 1. The van der Waals surface area contributed by atoms with Gasteiger partial charge in [0.15, 0.2) is 5.92 Å². The molecule has 1 unspecified atom stereocenters. The van der Waals surface area contributed by atoms with Crippen LogP contribution < -0.4 is 0 Å². The Labute approximate surface area is 109 Å². The monoisotopic (exact) mass is 266 g/mol. The molecule has 6 nitrogen and oxygen atoms in total. The SMILES string of the molecule is Cc1ccc(C(CC(=O)O)C(C(=O)O)C(=O)O)cc1. The number of aliphatic carboxylic acids is 3. The Kier molecular flexibility index (Phi) is 4.63. The minimum absolute atomic E-state index is 0.391. The summed E-state index contributed by atoms with van der Waals surface area (Å²) in [7, 11) is 0. The lowest BCUT2D eigenvalue weighted by atomic mass is 9.83. The molecule has 1 rings (SSSR count). The van der Waals surface area contributed by atoms with E-state index in [1.807, 2.05) is 6.92 Å². The summed E-state index contributed by atoms with van der Waals surface area (Å²) in [4.78, 5) is 32.9. The van der Waals surface area contributed by atoms with Crippen molar-refractivity contribution in [1.82, 2.24) is 0 Å². The second-order valence-corrected chi connectivity index (χ2v) is 4.27. The van der Waals surface area contributed by atoms with Crippen LogP contribution in [0.3, 0.4) is 0 Å². The molecule has 6 heteroatoms. The first-order valence-electron chi connectivity index (χ1n) is 5.57. The zero-order valence-corrected chi connectivity index (χ0v) is 10.2. The highest BCUT2D eigenvalue weighted by Crippen LogP contribution is 2.29. The fourth-order valence-corrected chi connectivity index (χ4v) is 1.88. The molecule has 0 amide bonds. The van der Waals surface area contributed by atoms with Crippen LogP contribution in [0.15, 0.2) is 24.3 Å². The minimum Gasteiger partial charge on any atom is -0.481 e. The summed E-state index contributed by atoms with van der Waals surface area (Å²) in [5, 5.41) is 26.8. The van der Waals surface area contributed by atoms with Crippen LogP contribution in [0.1, 0.15) is 23.5 Å². The Morgan fingerprint density at radius 1 is 1.00 bits per heavy atom. The highest BCUT2D eigenvalue weighted by atomic mass is 16.4. The number of hydrogen-bond donors (Lipinski definition) is 3. The molecule has 0 bridgehead atoms. The van der Waals surface area contributed by atoms with Gasteiger partial charge < -0.3 is 15.3 Å². The van der Waals surface area contributed by atoms with Crippen LogP contribution in [0.4, 0.5) is 0 Å². The molecular formula is C13H14O6. The van der Waals surface area contributed by atoms with E-state index in [2.05, 4.69) is 0 Å². The molecule has 19 heavy (non-hydrogen) atoms. The summed E-state index contributed by atoms with van der Waals surface area (Å²) < 4.78 is 0. The molecular weight excluding hydrogens is 252 g/mol. The Morgan fingerprint density at radius 2 is 1.47 bits per heavy atom. The molecule has 1 atom stereocenters. The molecule has 0 heterocycles. The summed E-state index contributed by atoms with van der Waals surface area (Å²) in [5.74, 6) is -7.20. The third-order valence-corrected chi connectivity index (χ3v) is 2.83. The summed E-state index contributed by atoms with van der Waals surface area (Å²) in [5.41, 5.74) is 1.31. The first-order valence-corrected chi connectivity index (χ1v) is 5.57. The molecule has 0 aliphatic heterocycles. The van der Waals surface area contributed by atoms with Gasteiger partial charge in [0.25, 0.3) is 0 Å². The van der Waals surface area contributed by atoms with Gasteiger partial charge in [-0.3, -0.25) is 14.4 Å². The minimum atomic E-state index is -1.78. The molecule has 1 aromatic rings. The molecule has 102 valence electrons. The number of rotatable bonds is 6. The van der Waals surface area contributed by atoms with Crippen LogP contribution in [0, 0.1) is 12.8 Å². The summed E-state index contributed by atoms with van der Waals surface area (Å²) >= 11 is 0. The van der Waals surface area contributed by atoms with Crippen molar-refractivity contribution in [3.05, 3.63) is 35.4 Å². The van der Waals surface area contributed by atoms with Crippen molar-refractivity contribution in [3.8, 4) is 0 Å². The van der Waals surface area contributed by atoms with Crippen LogP contribution >= 0.6 is 0 Å². The van der Waals surface area contributed by atoms with Gasteiger partial charge in [-0.05, 0) is 12.5 Å². The first-order chi connectivity index (χ1) is 8.82.